The van der Waals surface area contributed by atoms with Crippen LogP contribution in [0.3, 0.4) is 0 Å². The van der Waals surface area contributed by atoms with Crippen molar-refractivity contribution in [2.45, 2.75) is 25.9 Å². The van der Waals surface area contributed by atoms with Gasteiger partial charge in [0.1, 0.15) is 11.6 Å². The average Bonchev–Trinajstić information content (AvgIpc) is 2.49. The minimum Gasteiger partial charge on any atom is -0.508 e. The van der Waals surface area contributed by atoms with Crippen LogP contribution in [0.2, 0.25) is 0 Å². The van der Waals surface area contributed by atoms with Crippen LogP contribution in [0.5, 0.6) is 5.75 Å². The molecule has 4 heteroatoms. The summed E-state index contributed by atoms with van der Waals surface area (Å²) in [6.07, 6.45) is 0. The third-order valence-corrected chi connectivity index (χ3v) is 3.50. The van der Waals surface area contributed by atoms with Gasteiger partial charge in [-0.05, 0) is 49.7 Å². The highest BCUT2D eigenvalue weighted by Gasteiger charge is 2.15. The van der Waals surface area contributed by atoms with Gasteiger partial charge in [-0.25, -0.2) is 4.39 Å². The van der Waals surface area contributed by atoms with Crippen molar-refractivity contribution in [3.8, 4) is 11.8 Å². The van der Waals surface area contributed by atoms with Crippen molar-refractivity contribution < 1.29 is 9.50 Å². The van der Waals surface area contributed by atoms with Crippen LogP contribution in [-0.2, 0) is 0 Å². The summed E-state index contributed by atoms with van der Waals surface area (Å²) in [5.74, 6) is -0.300. The number of nitrogens with zero attached hydrogens (tertiary/aromatic N) is 1. The fraction of sp³-hybridized carbons (Fsp3) is 0.235. The number of hydrogen-bond acceptors (Lipinski definition) is 3. The molecule has 2 rings (SSSR count). The number of nitriles is 1. The van der Waals surface area contributed by atoms with Gasteiger partial charge in [0.25, 0.3) is 0 Å². The molecule has 2 unspecified atom stereocenters. The first-order chi connectivity index (χ1) is 10.0. The number of rotatable bonds is 4. The second-order valence-corrected chi connectivity index (χ2v) is 5.05. The lowest BCUT2D eigenvalue weighted by Crippen LogP contribution is -2.22. The van der Waals surface area contributed by atoms with E-state index in [1.54, 1.807) is 12.1 Å². The molecule has 0 aliphatic rings. The fourth-order valence-corrected chi connectivity index (χ4v) is 2.28. The van der Waals surface area contributed by atoms with E-state index in [1.807, 2.05) is 26.0 Å². The maximum absolute atomic E-state index is 13.3. The highest BCUT2D eigenvalue weighted by atomic mass is 19.1. The Bertz CT molecular complexity index is 661. The van der Waals surface area contributed by atoms with E-state index in [1.165, 1.54) is 18.2 Å². The normalized spacial score (nSPS) is 13.4. The molecule has 0 aliphatic heterocycles. The molecule has 0 aliphatic carbocycles. The highest BCUT2D eigenvalue weighted by molar-refractivity contribution is 5.36. The van der Waals surface area contributed by atoms with Gasteiger partial charge < -0.3 is 10.4 Å². The lowest BCUT2D eigenvalue weighted by molar-refractivity contribution is 0.435. The summed E-state index contributed by atoms with van der Waals surface area (Å²) >= 11 is 0. The Morgan fingerprint density at radius 1 is 1.10 bits per heavy atom. The van der Waals surface area contributed by atoms with Crippen LogP contribution < -0.4 is 5.32 Å². The number of benzene rings is 2. The Kier molecular flexibility index (Phi) is 4.56. The van der Waals surface area contributed by atoms with Crippen LogP contribution in [-0.4, -0.2) is 5.11 Å². The summed E-state index contributed by atoms with van der Waals surface area (Å²) in [5, 5.41) is 21.9. The van der Waals surface area contributed by atoms with Gasteiger partial charge in [0, 0.05) is 17.6 Å². The third-order valence-electron chi connectivity index (χ3n) is 3.50. The minimum absolute atomic E-state index is 0.00964. The number of halogens is 1. The Hall–Kier alpha value is -2.38. The van der Waals surface area contributed by atoms with Crippen molar-refractivity contribution in [1.29, 1.82) is 5.26 Å². The molecule has 21 heavy (non-hydrogen) atoms. The van der Waals surface area contributed by atoms with E-state index < -0.39 is 0 Å². The minimum atomic E-state index is -0.373. The molecule has 0 saturated heterocycles. The molecule has 2 aromatic carbocycles. The number of aromatic hydroxyl groups is 1. The largest absolute Gasteiger partial charge is 0.508 e. The molecule has 0 bridgehead atoms. The smallest absolute Gasteiger partial charge is 0.123 e. The topological polar surface area (TPSA) is 56.0 Å². The molecule has 0 aromatic heterocycles. The SMILES string of the molecule is CC(NC(C)c1cc(F)ccc1O)c1ccc(C#N)cc1. The number of nitrogens with one attached hydrogen (secondary N) is 1. The Morgan fingerprint density at radius 3 is 2.38 bits per heavy atom. The second kappa shape index (κ2) is 6.38. The third kappa shape index (κ3) is 3.59. The maximum atomic E-state index is 13.3. The second-order valence-electron chi connectivity index (χ2n) is 5.05. The van der Waals surface area contributed by atoms with E-state index in [0.29, 0.717) is 11.1 Å². The molecule has 0 spiro atoms. The van der Waals surface area contributed by atoms with Crippen molar-refractivity contribution in [2.24, 2.45) is 0 Å². The number of hydrogen-bond donors (Lipinski definition) is 2. The van der Waals surface area contributed by atoms with Crippen LogP contribution in [0.25, 0.3) is 0 Å². The maximum Gasteiger partial charge on any atom is 0.123 e. The van der Waals surface area contributed by atoms with Crippen molar-refractivity contribution in [3.05, 3.63) is 65.0 Å². The predicted molar refractivity (Wildman–Crippen MR) is 79.2 cm³/mol. The van der Waals surface area contributed by atoms with Crippen LogP contribution in [0.4, 0.5) is 4.39 Å². The Balaban J connectivity index is 2.12. The van der Waals surface area contributed by atoms with E-state index >= 15 is 0 Å². The lowest BCUT2D eigenvalue weighted by atomic mass is 10.0. The molecule has 0 fully saturated rings. The van der Waals surface area contributed by atoms with Gasteiger partial charge in [-0.15, -0.1) is 0 Å². The van der Waals surface area contributed by atoms with Crippen LogP contribution >= 0.6 is 0 Å². The van der Waals surface area contributed by atoms with E-state index in [9.17, 15) is 9.50 Å². The highest BCUT2D eigenvalue weighted by Crippen LogP contribution is 2.27. The molecule has 0 heterocycles. The number of phenols is 1. The molecular formula is C17H17FN2O. The molecule has 2 atom stereocenters. The molecule has 108 valence electrons. The molecule has 2 N–H and O–H groups in total. The van der Waals surface area contributed by atoms with Crippen LogP contribution in [0.1, 0.15) is 42.6 Å². The molecule has 0 saturated carbocycles. The quantitative estimate of drug-likeness (QED) is 0.897. The van der Waals surface area contributed by atoms with Crippen LogP contribution in [0.15, 0.2) is 42.5 Å². The zero-order valence-corrected chi connectivity index (χ0v) is 12.0. The van der Waals surface area contributed by atoms with Gasteiger partial charge in [0.05, 0.1) is 11.6 Å². The molecule has 2 aromatic rings. The first-order valence-electron chi connectivity index (χ1n) is 6.75. The molecule has 3 nitrogen and oxygen atoms in total. The Labute approximate surface area is 123 Å². The van der Waals surface area contributed by atoms with Gasteiger partial charge in [-0.1, -0.05) is 12.1 Å². The van der Waals surface area contributed by atoms with E-state index in [2.05, 4.69) is 11.4 Å². The molecule has 0 amide bonds. The zero-order chi connectivity index (χ0) is 15.4. The first-order valence-corrected chi connectivity index (χ1v) is 6.75. The lowest BCUT2D eigenvalue weighted by Gasteiger charge is -2.21. The van der Waals surface area contributed by atoms with Gasteiger partial charge in [-0.2, -0.15) is 5.26 Å². The summed E-state index contributed by atoms with van der Waals surface area (Å²) in [5.41, 5.74) is 2.16. The fourth-order valence-electron chi connectivity index (χ4n) is 2.28. The van der Waals surface area contributed by atoms with Crippen molar-refractivity contribution in [3.63, 3.8) is 0 Å². The summed E-state index contributed by atoms with van der Waals surface area (Å²) < 4.78 is 13.3. The predicted octanol–water partition coefficient (Wildman–Crippen LogP) is 3.81. The summed E-state index contributed by atoms with van der Waals surface area (Å²) in [4.78, 5) is 0. The average molecular weight is 284 g/mol. The van der Waals surface area contributed by atoms with Gasteiger partial charge in [0.15, 0.2) is 0 Å². The van der Waals surface area contributed by atoms with Gasteiger partial charge >= 0.3 is 0 Å². The summed E-state index contributed by atoms with van der Waals surface area (Å²) in [7, 11) is 0. The van der Waals surface area contributed by atoms with Crippen LogP contribution in [0, 0.1) is 17.1 Å². The van der Waals surface area contributed by atoms with Gasteiger partial charge in [-0.3, -0.25) is 0 Å². The van der Waals surface area contributed by atoms with Crippen molar-refractivity contribution in [1.82, 2.24) is 5.32 Å². The van der Waals surface area contributed by atoms with Gasteiger partial charge in [0.2, 0.25) is 0 Å². The summed E-state index contributed by atoms with van der Waals surface area (Å²) in [6.45, 7) is 3.85. The summed E-state index contributed by atoms with van der Waals surface area (Å²) in [6, 6.07) is 13.1. The zero-order valence-electron chi connectivity index (χ0n) is 12.0. The molecule has 0 radical (unpaired) electrons. The van der Waals surface area contributed by atoms with Crippen molar-refractivity contribution in [2.75, 3.05) is 0 Å². The van der Waals surface area contributed by atoms with Crippen molar-refractivity contribution >= 4 is 0 Å². The Morgan fingerprint density at radius 2 is 1.76 bits per heavy atom. The standard InChI is InChI=1S/C17H17FN2O/c1-11(14-5-3-13(10-19)4-6-14)20-12(2)16-9-15(18)7-8-17(16)21/h3-9,11-12,20-21H,1-2H3. The molecular weight excluding hydrogens is 267 g/mol. The van der Waals surface area contributed by atoms with E-state index in [4.69, 9.17) is 5.26 Å². The van der Waals surface area contributed by atoms with E-state index in [-0.39, 0.29) is 23.7 Å². The van der Waals surface area contributed by atoms with E-state index in [0.717, 1.165) is 5.56 Å². The number of phenolic OH excluding ortho intramolecular Hbond substituents is 1. The monoisotopic (exact) mass is 284 g/mol. The first kappa shape index (κ1) is 15.0.